The Kier molecular flexibility index (Phi) is 3.77. The van der Waals surface area contributed by atoms with Crippen LogP contribution in [0.5, 0.6) is 0 Å². The third kappa shape index (κ3) is 3.29. The van der Waals surface area contributed by atoms with Gasteiger partial charge in [-0.2, -0.15) is 0 Å². The molecule has 0 N–H and O–H groups in total. The van der Waals surface area contributed by atoms with Crippen LogP contribution < -0.4 is 0 Å². The van der Waals surface area contributed by atoms with Crippen molar-refractivity contribution < 1.29 is 0 Å². The van der Waals surface area contributed by atoms with Crippen LogP contribution in [0.3, 0.4) is 0 Å². The van der Waals surface area contributed by atoms with E-state index < -0.39 is 0 Å². The third-order valence-corrected chi connectivity index (χ3v) is 3.58. The van der Waals surface area contributed by atoms with E-state index in [2.05, 4.69) is 27.6 Å². The van der Waals surface area contributed by atoms with E-state index >= 15 is 0 Å². The van der Waals surface area contributed by atoms with Gasteiger partial charge in [0.15, 0.2) is 0 Å². The summed E-state index contributed by atoms with van der Waals surface area (Å²) in [6, 6.07) is 11.9. The van der Waals surface area contributed by atoms with E-state index in [4.69, 9.17) is 11.6 Å². The highest BCUT2D eigenvalue weighted by atomic mass is 127. The number of aliphatic imine (C=N–C) groups is 1. The molecule has 0 amide bonds. The Labute approximate surface area is 111 Å². The quantitative estimate of drug-likeness (QED) is 0.549. The van der Waals surface area contributed by atoms with Crippen molar-refractivity contribution in [2.24, 2.45) is 4.99 Å². The lowest BCUT2D eigenvalue weighted by molar-refractivity contribution is 1.51. The minimum absolute atomic E-state index is 0.791. The number of benzene rings is 1. The van der Waals surface area contributed by atoms with E-state index in [-0.39, 0.29) is 0 Å². The summed E-state index contributed by atoms with van der Waals surface area (Å²) in [6.45, 7) is 0. The number of halogens is 2. The van der Waals surface area contributed by atoms with Gasteiger partial charge in [0.25, 0.3) is 0 Å². The Balaban J connectivity index is 2.18. The second-order valence-corrected chi connectivity index (χ2v) is 5.87. The monoisotopic (exact) mass is 347 g/mol. The molecule has 1 aromatic carbocycles. The summed E-state index contributed by atoms with van der Waals surface area (Å²) in [5.74, 6) is 0. The number of hydrogen-bond acceptors (Lipinski definition) is 2. The average molecular weight is 348 g/mol. The Hall–Kier alpha value is -0.390. The molecule has 1 aromatic heterocycles. The summed E-state index contributed by atoms with van der Waals surface area (Å²) in [5.41, 5.74) is 0.964. The Morgan fingerprint density at radius 3 is 2.80 bits per heavy atom. The highest BCUT2D eigenvalue weighted by molar-refractivity contribution is 14.1. The molecular formula is C11H7ClINS. The zero-order chi connectivity index (χ0) is 10.7. The molecule has 0 saturated carbocycles. The predicted molar refractivity (Wildman–Crippen MR) is 75.7 cm³/mol. The molecule has 0 aliphatic heterocycles. The molecule has 2 aromatic rings. The Bertz CT molecular complexity index is 493. The highest BCUT2D eigenvalue weighted by Crippen LogP contribution is 2.21. The van der Waals surface area contributed by atoms with Crippen molar-refractivity contribution in [2.45, 2.75) is 0 Å². The number of nitrogens with zero attached hydrogens (tertiary/aromatic N) is 1. The van der Waals surface area contributed by atoms with Gasteiger partial charge < -0.3 is 0 Å². The van der Waals surface area contributed by atoms with Crippen molar-refractivity contribution in [3.8, 4) is 0 Å². The second-order valence-electron chi connectivity index (χ2n) is 2.88. The maximum Gasteiger partial charge on any atom is 0.0935 e. The lowest BCUT2D eigenvalue weighted by Crippen LogP contribution is -1.73. The minimum Gasteiger partial charge on any atom is -0.255 e. The van der Waals surface area contributed by atoms with Gasteiger partial charge in [0, 0.05) is 14.7 Å². The maximum atomic E-state index is 5.82. The first-order chi connectivity index (χ1) is 7.24. The predicted octanol–water partition coefficient (Wildman–Crippen LogP) is 4.76. The molecule has 1 nitrogen and oxygen atoms in total. The lowest BCUT2D eigenvalue weighted by atomic mass is 10.3. The minimum atomic E-state index is 0.791. The van der Waals surface area contributed by atoms with E-state index in [1.807, 2.05) is 42.6 Å². The van der Waals surface area contributed by atoms with Crippen LogP contribution >= 0.6 is 45.5 Å². The zero-order valence-corrected chi connectivity index (χ0v) is 11.4. The van der Waals surface area contributed by atoms with Crippen LogP contribution in [0.1, 0.15) is 4.88 Å². The van der Waals surface area contributed by atoms with Crippen LogP contribution in [0, 0.1) is 3.57 Å². The van der Waals surface area contributed by atoms with Gasteiger partial charge in [0.05, 0.1) is 10.0 Å². The molecule has 1 heterocycles. The molecule has 0 aliphatic rings. The van der Waals surface area contributed by atoms with Crippen LogP contribution in [0.2, 0.25) is 4.34 Å². The van der Waals surface area contributed by atoms with Crippen molar-refractivity contribution in [3.05, 3.63) is 49.2 Å². The molecular weight excluding hydrogens is 341 g/mol. The van der Waals surface area contributed by atoms with Crippen molar-refractivity contribution in [2.75, 3.05) is 0 Å². The van der Waals surface area contributed by atoms with Gasteiger partial charge >= 0.3 is 0 Å². The van der Waals surface area contributed by atoms with Gasteiger partial charge in [0.2, 0.25) is 0 Å². The molecule has 0 radical (unpaired) electrons. The van der Waals surface area contributed by atoms with Crippen molar-refractivity contribution >= 4 is 57.4 Å². The largest absolute Gasteiger partial charge is 0.255 e. The van der Waals surface area contributed by atoms with E-state index in [9.17, 15) is 0 Å². The summed E-state index contributed by atoms with van der Waals surface area (Å²) >= 11 is 9.62. The van der Waals surface area contributed by atoms with Crippen molar-refractivity contribution in [1.29, 1.82) is 0 Å². The van der Waals surface area contributed by atoms with E-state index in [0.717, 1.165) is 14.9 Å². The van der Waals surface area contributed by atoms with Crippen LogP contribution in [0.4, 0.5) is 5.69 Å². The topological polar surface area (TPSA) is 12.4 Å². The first-order valence-corrected chi connectivity index (χ1v) is 6.56. The summed E-state index contributed by atoms with van der Waals surface area (Å²) in [5, 5.41) is 0. The number of rotatable bonds is 2. The molecule has 2 rings (SSSR count). The normalized spacial score (nSPS) is 11.1. The summed E-state index contributed by atoms with van der Waals surface area (Å²) < 4.78 is 1.98. The second kappa shape index (κ2) is 5.09. The standard InChI is InChI=1S/C11H7ClINS/c12-11-5-4-10(15-11)7-14-9-3-1-2-8(13)6-9/h1-7H. The van der Waals surface area contributed by atoms with Crippen molar-refractivity contribution in [3.63, 3.8) is 0 Å². The third-order valence-electron chi connectivity index (χ3n) is 1.74. The van der Waals surface area contributed by atoms with Gasteiger partial charge in [-0.1, -0.05) is 17.7 Å². The molecule has 15 heavy (non-hydrogen) atoms. The Morgan fingerprint density at radius 2 is 2.13 bits per heavy atom. The zero-order valence-electron chi connectivity index (χ0n) is 7.65. The van der Waals surface area contributed by atoms with Gasteiger partial charge in [-0.25, -0.2) is 0 Å². The molecule has 0 saturated heterocycles. The van der Waals surface area contributed by atoms with E-state index in [1.54, 1.807) is 0 Å². The van der Waals surface area contributed by atoms with Crippen LogP contribution in [0.25, 0.3) is 0 Å². The van der Waals surface area contributed by atoms with E-state index in [1.165, 1.54) is 14.9 Å². The van der Waals surface area contributed by atoms with Crippen LogP contribution in [0.15, 0.2) is 41.4 Å². The average Bonchev–Trinajstić information content (AvgIpc) is 2.62. The highest BCUT2D eigenvalue weighted by Gasteiger charge is 1.94. The molecule has 0 spiro atoms. The first kappa shape index (κ1) is 11.1. The summed E-state index contributed by atoms with van der Waals surface area (Å²) in [4.78, 5) is 5.44. The lowest BCUT2D eigenvalue weighted by Gasteiger charge is -1.93. The van der Waals surface area contributed by atoms with Gasteiger partial charge in [0.1, 0.15) is 0 Å². The molecule has 0 unspecified atom stereocenters. The molecule has 4 heteroatoms. The van der Waals surface area contributed by atoms with Gasteiger partial charge in [-0.3, -0.25) is 4.99 Å². The number of hydrogen-bond donors (Lipinski definition) is 0. The molecule has 76 valence electrons. The fourth-order valence-electron chi connectivity index (χ4n) is 1.09. The van der Waals surface area contributed by atoms with Gasteiger partial charge in [-0.15, -0.1) is 11.3 Å². The molecule has 0 aliphatic carbocycles. The SMILES string of the molecule is Clc1ccc(C=Nc2cccc(I)c2)s1. The van der Waals surface area contributed by atoms with Gasteiger partial charge in [-0.05, 0) is 52.9 Å². The van der Waals surface area contributed by atoms with Crippen LogP contribution in [-0.2, 0) is 0 Å². The number of thiophene rings is 1. The van der Waals surface area contributed by atoms with Crippen molar-refractivity contribution in [1.82, 2.24) is 0 Å². The Morgan fingerprint density at radius 1 is 1.27 bits per heavy atom. The molecule has 0 fully saturated rings. The summed E-state index contributed by atoms with van der Waals surface area (Å²) in [6.07, 6.45) is 1.84. The summed E-state index contributed by atoms with van der Waals surface area (Å²) in [7, 11) is 0. The molecule has 0 atom stereocenters. The van der Waals surface area contributed by atoms with Crippen LogP contribution in [-0.4, -0.2) is 6.21 Å². The fourth-order valence-corrected chi connectivity index (χ4v) is 2.55. The smallest absolute Gasteiger partial charge is 0.0935 e. The fraction of sp³-hybridized carbons (Fsp3) is 0. The maximum absolute atomic E-state index is 5.82. The first-order valence-electron chi connectivity index (χ1n) is 4.29. The van der Waals surface area contributed by atoms with E-state index in [0.29, 0.717) is 0 Å². The molecule has 0 bridgehead atoms.